The lowest BCUT2D eigenvalue weighted by Crippen LogP contribution is -2.18. The first-order valence-electron chi connectivity index (χ1n) is 8.10. The van der Waals surface area contributed by atoms with Crippen LogP contribution in [0, 0.1) is 10.1 Å². The maximum Gasteiger partial charge on any atom is 0.278 e. The van der Waals surface area contributed by atoms with Crippen molar-refractivity contribution in [2.24, 2.45) is 5.10 Å². The zero-order chi connectivity index (χ0) is 20.9. The number of carbonyl (C=O) groups excluding carboxylic acids is 1. The number of sulfonamides is 1. The molecule has 1 amide bonds. The van der Waals surface area contributed by atoms with Crippen molar-refractivity contribution in [2.45, 2.75) is 4.21 Å². The Hall–Kier alpha value is -3.57. The van der Waals surface area contributed by atoms with E-state index in [0.29, 0.717) is 5.69 Å². The molecule has 148 valence electrons. The molecule has 2 aromatic carbocycles. The molecule has 3 aromatic rings. The van der Waals surface area contributed by atoms with Crippen LogP contribution in [0.25, 0.3) is 0 Å². The maximum absolute atomic E-state index is 12.2. The van der Waals surface area contributed by atoms with E-state index in [0.717, 1.165) is 11.3 Å². The largest absolute Gasteiger partial charge is 0.279 e. The number of rotatable bonds is 7. The fourth-order valence-corrected chi connectivity index (χ4v) is 4.35. The van der Waals surface area contributed by atoms with Crippen LogP contribution in [0.2, 0.25) is 0 Å². The summed E-state index contributed by atoms with van der Waals surface area (Å²) in [7, 11) is -3.67. The summed E-state index contributed by atoms with van der Waals surface area (Å²) in [5.41, 5.74) is 2.93. The van der Waals surface area contributed by atoms with Crippen molar-refractivity contribution in [3.8, 4) is 0 Å². The minimum Gasteiger partial charge on any atom is -0.279 e. The Bertz CT molecular complexity index is 1160. The van der Waals surface area contributed by atoms with Crippen molar-refractivity contribution in [1.82, 2.24) is 5.43 Å². The number of hydrogen-bond donors (Lipinski definition) is 2. The van der Waals surface area contributed by atoms with Gasteiger partial charge in [-0.25, -0.2) is 13.8 Å². The molecule has 0 atom stereocenters. The standard InChI is InChI=1S/C18H14N4O5S2/c23-18(20-19-12-14-4-1-2-5-16(14)22(24)25)13-7-9-15(10-8-13)21-29(26,27)17-6-3-11-28-17/h1-12,21H,(H,20,23)/b19-12-. The average molecular weight is 430 g/mol. The Kier molecular flexibility index (Phi) is 6.00. The number of nitrogens with zero attached hydrogens (tertiary/aromatic N) is 2. The molecule has 0 bridgehead atoms. The second-order valence-electron chi connectivity index (χ2n) is 5.63. The van der Waals surface area contributed by atoms with Crippen LogP contribution in [0.3, 0.4) is 0 Å². The SMILES string of the molecule is O=C(N/N=C\c1ccccc1[N+](=O)[O-])c1ccc(NS(=O)(=O)c2cccs2)cc1. The number of nitro benzene ring substituents is 1. The molecule has 0 unspecified atom stereocenters. The topological polar surface area (TPSA) is 131 Å². The zero-order valence-corrected chi connectivity index (χ0v) is 16.3. The van der Waals surface area contributed by atoms with Crippen molar-refractivity contribution >= 4 is 44.9 Å². The molecule has 9 nitrogen and oxygen atoms in total. The number of anilines is 1. The number of amides is 1. The number of carbonyl (C=O) groups is 1. The van der Waals surface area contributed by atoms with E-state index in [1.807, 2.05) is 0 Å². The molecule has 1 aromatic heterocycles. The van der Waals surface area contributed by atoms with E-state index < -0.39 is 20.9 Å². The lowest BCUT2D eigenvalue weighted by Gasteiger charge is -2.07. The quantitative estimate of drug-likeness (QED) is 0.338. The third kappa shape index (κ3) is 5.03. The highest BCUT2D eigenvalue weighted by Gasteiger charge is 2.15. The second kappa shape index (κ2) is 8.63. The molecule has 0 fully saturated rings. The Morgan fingerprint density at radius 3 is 2.45 bits per heavy atom. The van der Waals surface area contributed by atoms with Gasteiger partial charge in [-0.1, -0.05) is 18.2 Å². The fourth-order valence-electron chi connectivity index (χ4n) is 2.30. The van der Waals surface area contributed by atoms with Gasteiger partial charge in [0.05, 0.1) is 16.7 Å². The van der Waals surface area contributed by atoms with Gasteiger partial charge in [-0.2, -0.15) is 5.10 Å². The fraction of sp³-hybridized carbons (Fsp3) is 0. The molecule has 0 radical (unpaired) electrons. The molecule has 0 saturated heterocycles. The normalized spacial score (nSPS) is 11.3. The van der Waals surface area contributed by atoms with Crippen LogP contribution >= 0.6 is 11.3 Å². The number of hydrogen-bond acceptors (Lipinski definition) is 7. The van der Waals surface area contributed by atoms with E-state index in [-0.39, 0.29) is 21.0 Å². The molecule has 0 saturated carbocycles. The zero-order valence-electron chi connectivity index (χ0n) is 14.7. The molecule has 1 heterocycles. The number of benzene rings is 2. The third-order valence-corrected chi connectivity index (χ3v) is 6.44. The van der Waals surface area contributed by atoms with Crippen molar-refractivity contribution in [3.63, 3.8) is 0 Å². The predicted molar refractivity (Wildman–Crippen MR) is 110 cm³/mol. The van der Waals surface area contributed by atoms with Gasteiger partial charge in [0, 0.05) is 17.3 Å². The molecule has 11 heteroatoms. The summed E-state index contributed by atoms with van der Waals surface area (Å²) in [6.45, 7) is 0. The first-order chi connectivity index (χ1) is 13.9. The van der Waals surface area contributed by atoms with Gasteiger partial charge in [0.25, 0.3) is 21.6 Å². The molecule has 2 N–H and O–H groups in total. The molecule has 0 spiro atoms. The van der Waals surface area contributed by atoms with E-state index in [4.69, 9.17) is 0 Å². The number of thiophene rings is 1. The smallest absolute Gasteiger partial charge is 0.278 e. The Labute approximate surface area is 169 Å². The van der Waals surface area contributed by atoms with Crippen LogP contribution in [0.5, 0.6) is 0 Å². The summed E-state index contributed by atoms with van der Waals surface area (Å²) in [5, 5.41) is 16.4. The summed E-state index contributed by atoms with van der Waals surface area (Å²) >= 11 is 1.09. The van der Waals surface area contributed by atoms with Crippen LogP contribution in [0.1, 0.15) is 15.9 Å². The third-order valence-electron chi connectivity index (χ3n) is 3.66. The van der Waals surface area contributed by atoms with Crippen LogP contribution in [-0.2, 0) is 10.0 Å². The maximum atomic E-state index is 12.2. The first-order valence-corrected chi connectivity index (χ1v) is 10.5. The summed E-state index contributed by atoms with van der Waals surface area (Å²) in [6.07, 6.45) is 1.18. The average Bonchev–Trinajstić information content (AvgIpc) is 3.24. The molecular weight excluding hydrogens is 416 g/mol. The van der Waals surface area contributed by atoms with Gasteiger partial charge in [0.15, 0.2) is 0 Å². The van der Waals surface area contributed by atoms with Crippen LogP contribution in [0.15, 0.2) is 75.4 Å². The molecule has 3 rings (SSSR count). The van der Waals surface area contributed by atoms with E-state index in [2.05, 4.69) is 15.2 Å². The van der Waals surface area contributed by atoms with Crippen molar-refractivity contribution < 1.29 is 18.1 Å². The Morgan fingerprint density at radius 1 is 1.07 bits per heavy atom. The number of para-hydroxylation sites is 1. The van der Waals surface area contributed by atoms with Gasteiger partial charge in [-0.3, -0.25) is 19.6 Å². The molecule has 0 aliphatic heterocycles. The molecule has 0 aliphatic carbocycles. The molecule has 29 heavy (non-hydrogen) atoms. The number of nitro groups is 1. The number of nitrogens with one attached hydrogen (secondary N) is 2. The predicted octanol–water partition coefficient (Wildman–Crippen LogP) is 3.22. The van der Waals surface area contributed by atoms with Crippen molar-refractivity contribution in [3.05, 3.63) is 87.3 Å². The van der Waals surface area contributed by atoms with Gasteiger partial charge >= 0.3 is 0 Å². The highest BCUT2D eigenvalue weighted by molar-refractivity contribution is 7.94. The van der Waals surface area contributed by atoms with Crippen molar-refractivity contribution in [1.29, 1.82) is 0 Å². The highest BCUT2D eigenvalue weighted by Crippen LogP contribution is 2.20. The summed E-state index contributed by atoms with van der Waals surface area (Å²) in [4.78, 5) is 22.6. The lowest BCUT2D eigenvalue weighted by molar-refractivity contribution is -0.385. The highest BCUT2D eigenvalue weighted by atomic mass is 32.2. The van der Waals surface area contributed by atoms with E-state index in [1.54, 1.807) is 17.5 Å². The number of hydrazone groups is 1. The van der Waals surface area contributed by atoms with Gasteiger partial charge in [0.2, 0.25) is 0 Å². The monoisotopic (exact) mass is 430 g/mol. The van der Waals surface area contributed by atoms with Gasteiger partial charge < -0.3 is 0 Å². The van der Waals surface area contributed by atoms with Gasteiger partial charge in [-0.15, -0.1) is 11.3 Å². The van der Waals surface area contributed by atoms with E-state index >= 15 is 0 Å². The Balaban J connectivity index is 1.65. The van der Waals surface area contributed by atoms with Gasteiger partial charge in [0.1, 0.15) is 4.21 Å². The van der Waals surface area contributed by atoms with Crippen LogP contribution in [-0.4, -0.2) is 25.5 Å². The van der Waals surface area contributed by atoms with E-state index in [9.17, 15) is 23.3 Å². The summed E-state index contributed by atoms with van der Waals surface area (Å²) in [6, 6.07) is 14.9. The molecule has 0 aliphatic rings. The lowest BCUT2D eigenvalue weighted by atomic mass is 10.2. The minimum atomic E-state index is -3.67. The second-order valence-corrected chi connectivity index (χ2v) is 8.49. The van der Waals surface area contributed by atoms with Crippen LogP contribution in [0.4, 0.5) is 11.4 Å². The minimum absolute atomic E-state index is 0.132. The summed E-state index contributed by atoms with van der Waals surface area (Å²) in [5.74, 6) is -0.549. The first kappa shape index (κ1) is 20.2. The summed E-state index contributed by atoms with van der Waals surface area (Å²) < 4.78 is 27.0. The molecular formula is C18H14N4O5S2. The van der Waals surface area contributed by atoms with Gasteiger partial charge in [-0.05, 0) is 41.8 Å². The van der Waals surface area contributed by atoms with Crippen molar-refractivity contribution in [2.75, 3.05) is 4.72 Å². The Morgan fingerprint density at radius 2 is 1.79 bits per heavy atom. The van der Waals surface area contributed by atoms with E-state index in [1.165, 1.54) is 54.7 Å². The van der Waals surface area contributed by atoms with Crippen LogP contribution < -0.4 is 10.1 Å².